The summed E-state index contributed by atoms with van der Waals surface area (Å²) >= 11 is 0. The number of carboxylic acids is 1. The second-order valence-electron chi connectivity index (χ2n) is 7.77. The summed E-state index contributed by atoms with van der Waals surface area (Å²) in [4.78, 5) is 13.5. The van der Waals surface area contributed by atoms with Crippen molar-refractivity contribution in [3.05, 3.63) is 47.0 Å². The molecular weight excluding hydrogens is 398 g/mol. The van der Waals surface area contributed by atoms with Crippen molar-refractivity contribution >= 4 is 5.97 Å². The van der Waals surface area contributed by atoms with Crippen LogP contribution in [0.15, 0.2) is 30.3 Å². The summed E-state index contributed by atoms with van der Waals surface area (Å²) in [5.74, 6) is 1.98. The van der Waals surface area contributed by atoms with Gasteiger partial charge in [0.05, 0.1) is 28.4 Å². The van der Waals surface area contributed by atoms with Crippen LogP contribution < -0.4 is 18.9 Å². The maximum Gasteiger partial charge on any atom is 0.303 e. The normalized spacial score (nSPS) is 18.2. The number of methoxy groups -OCH3 is 4. The van der Waals surface area contributed by atoms with Gasteiger partial charge in [0, 0.05) is 18.5 Å². The Labute approximate surface area is 183 Å². The molecule has 0 saturated carbocycles. The molecule has 1 aliphatic rings. The van der Waals surface area contributed by atoms with Crippen LogP contribution in [0.4, 0.5) is 0 Å². The Morgan fingerprint density at radius 2 is 1.58 bits per heavy atom. The minimum atomic E-state index is -0.775. The number of nitrogens with zero attached hydrogens (tertiary/aromatic N) is 1. The average Bonchev–Trinajstić information content (AvgIpc) is 2.78. The van der Waals surface area contributed by atoms with Gasteiger partial charge in [0.25, 0.3) is 0 Å². The molecule has 2 aromatic carbocycles. The lowest BCUT2D eigenvalue weighted by Gasteiger charge is -2.41. The van der Waals surface area contributed by atoms with Crippen molar-refractivity contribution in [2.75, 3.05) is 35.5 Å². The van der Waals surface area contributed by atoms with Crippen molar-refractivity contribution < 1.29 is 28.8 Å². The maximum absolute atomic E-state index is 11.2. The first-order chi connectivity index (χ1) is 14.9. The number of hydrogen-bond acceptors (Lipinski definition) is 6. The molecule has 0 aliphatic carbocycles. The van der Waals surface area contributed by atoms with Crippen LogP contribution in [0.1, 0.15) is 35.6 Å². The van der Waals surface area contributed by atoms with Crippen molar-refractivity contribution in [2.45, 2.75) is 37.8 Å². The lowest BCUT2D eigenvalue weighted by atomic mass is 9.84. The molecule has 7 heteroatoms. The standard InChI is InChI=1S/C24H31NO6/c1-25-17(7-9-24(26)27)12-16-13-22(30-4)23(31-5)14-18(16)19(25)10-15-6-8-20(28-2)21(11-15)29-3/h6,8,11,13-14,17,19H,7,9-10,12H2,1-5H3,(H,26,27). The van der Waals surface area contributed by atoms with E-state index in [0.29, 0.717) is 29.4 Å². The molecular formula is C24H31NO6. The minimum Gasteiger partial charge on any atom is -0.493 e. The first kappa shape index (κ1) is 22.7. The van der Waals surface area contributed by atoms with E-state index in [-0.39, 0.29) is 18.5 Å². The molecule has 3 rings (SSSR count). The lowest BCUT2D eigenvalue weighted by molar-refractivity contribution is -0.137. The zero-order valence-electron chi connectivity index (χ0n) is 18.8. The van der Waals surface area contributed by atoms with Gasteiger partial charge in [0.2, 0.25) is 0 Å². The molecule has 7 nitrogen and oxygen atoms in total. The molecule has 0 bridgehead atoms. The number of benzene rings is 2. The zero-order valence-corrected chi connectivity index (χ0v) is 18.8. The van der Waals surface area contributed by atoms with Gasteiger partial charge < -0.3 is 24.1 Å². The number of aliphatic carboxylic acids is 1. The molecule has 0 spiro atoms. The van der Waals surface area contributed by atoms with Crippen LogP contribution in [0.25, 0.3) is 0 Å². The fourth-order valence-electron chi connectivity index (χ4n) is 4.38. The van der Waals surface area contributed by atoms with E-state index in [1.54, 1.807) is 28.4 Å². The molecule has 1 N–H and O–H groups in total. The van der Waals surface area contributed by atoms with E-state index in [9.17, 15) is 9.90 Å². The molecule has 0 radical (unpaired) electrons. The zero-order chi connectivity index (χ0) is 22.5. The second kappa shape index (κ2) is 9.92. The molecule has 1 aliphatic heterocycles. The molecule has 2 unspecified atom stereocenters. The van der Waals surface area contributed by atoms with Crippen molar-refractivity contribution in [1.29, 1.82) is 0 Å². The molecule has 2 aromatic rings. The quantitative estimate of drug-likeness (QED) is 0.651. The molecule has 31 heavy (non-hydrogen) atoms. The van der Waals surface area contributed by atoms with Crippen LogP contribution in [-0.2, 0) is 17.6 Å². The van der Waals surface area contributed by atoms with Gasteiger partial charge in [-0.1, -0.05) is 6.07 Å². The third-order valence-corrected chi connectivity index (χ3v) is 6.10. The molecule has 0 saturated heterocycles. The summed E-state index contributed by atoms with van der Waals surface area (Å²) in [6, 6.07) is 10.2. The highest BCUT2D eigenvalue weighted by Gasteiger charge is 2.33. The Morgan fingerprint density at radius 3 is 2.19 bits per heavy atom. The van der Waals surface area contributed by atoms with E-state index in [1.807, 2.05) is 30.3 Å². The van der Waals surface area contributed by atoms with Crippen molar-refractivity contribution in [1.82, 2.24) is 4.90 Å². The monoisotopic (exact) mass is 429 g/mol. The topological polar surface area (TPSA) is 77.5 Å². The SMILES string of the molecule is COc1ccc(CC2c3cc(OC)c(OC)cc3CC(CCC(=O)O)N2C)cc1OC. The number of likely N-dealkylation sites (N-methyl/N-ethyl adjacent to an activating group) is 1. The van der Waals surface area contributed by atoms with Crippen molar-refractivity contribution in [3.63, 3.8) is 0 Å². The van der Waals surface area contributed by atoms with E-state index in [0.717, 1.165) is 24.0 Å². The first-order valence-corrected chi connectivity index (χ1v) is 10.3. The third kappa shape index (κ3) is 4.88. The van der Waals surface area contributed by atoms with Crippen LogP contribution in [0.2, 0.25) is 0 Å². The third-order valence-electron chi connectivity index (χ3n) is 6.10. The van der Waals surface area contributed by atoms with Gasteiger partial charge in [-0.2, -0.15) is 0 Å². The number of carbonyl (C=O) groups is 1. The van der Waals surface area contributed by atoms with Gasteiger partial charge in [0.15, 0.2) is 23.0 Å². The van der Waals surface area contributed by atoms with Gasteiger partial charge in [0.1, 0.15) is 0 Å². The van der Waals surface area contributed by atoms with Crippen LogP contribution in [0, 0.1) is 0 Å². The van der Waals surface area contributed by atoms with Gasteiger partial charge in [-0.3, -0.25) is 9.69 Å². The molecule has 0 aromatic heterocycles. The van der Waals surface area contributed by atoms with Gasteiger partial charge >= 0.3 is 5.97 Å². The number of hydrogen-bond donors (Lipinski definition) is 1. The summed E-state index contributed by atoms with van der Waals surface area (Å²) in [6.07, 6.45) is 2.23. The number of rotatable bonds is 9. The van der Waals surface area contributed by atoms with Gasteiger partial charge in [-0.25, -0.2) is 0 Å². The van der Waals surface area contributed by atoms with E-state index < -0.39 is 5.97 Å². The lowest BCUT2D eigenvalue weighted by Crippen LogP contribution is -2.42. The predicted molar refractivity (Wildman–Crippen MR) is 118 cm³/mol. The Balaban J connectivity index is 2.01. The predicted octanol–water partition coefficient (Wildman–Crippen LogP) is 3.73. The van der Waals surface area contributed by atoms with E-state index in [2.05, 4.69) is 11.9 Å². The van der Waals surface area contributed by atoms with Crippen LogP contribution in [-0.4, -0.2) is 57.5 Å². The maximum atomic E-state index is 11.2. The van der Waals surface area contributed by atoms with Crippen LogP contribution >= 0.6 is 0 Å². The molecule has 1 heterocycles. The Morgan fingerprint density at radius 1 is 0.968 bits per heavy atom. The Hall–Kier alpha value is -2.93. The average molecular weight is 430 g/mol. The van der Waals surface area contributed by atoms with E-state index in [4.69, 9.17) is 18.9 Å². The van der Waals surface area contributed by atoms with E-state index in [1.165, 1.54) is 5.56 Å². The van der Waals surface area contributed by atoms with Crippen LogP contribution in [0.3, 0.4) is 0 Å². The Bertz CT molecular complexity index is 929. The summed E-state index contributed by atoms with van der Waals surface area (Å²) in [5, 5.41) is 9.20. The van der Waals surface area contributed by atoms with Crippen molar-refractivity contribution in [3.8, 4) is 23.0 Å². The van der Waals surface area contributed by atoms with Crippen molar-refractivity contribution in [2.24, 2.45) is 0 Å². The number of ether oxygens (including phenoxy) is 4. The molecule has 2 atom stereocenters. The fourth-order valence-corrected chi connectivity index (χ4v) is 4.38. The molecule has 0 amide bonds. The minimum absolute atomic E-state index is 0.0560. The molecule has 0 fully saturated rings. The van der Waals surface area contributed by atoms with E-state index >= 15 is 0 Å². The van der Waals surface area contributed by atoms with Gasteiger partial charge in [-0.15, -0.1) is 0 Å². The Kier molecular flexibility index (Phi) is 7.28. The molecule has 168 valence electrons. The fraction of sp³-hybridized carbons (Fsp3) is 0.458. The van der Waals surface area contributed by atoms with Gasteiger partial charge in [-0.05, 0) is 67.3 Å². The van der Waals surface area contributed by atoms with Crippen LogP contribution in [0.5, 0.6) is 23.0 Å². The summed E-state index contributed by atoms with van der Waals surface area (Å²) in [6.45, 7) is 0. The number of carboxylic acid groups (broad SMARTS) is 1. The summed E-state index contributed by atoms with van der Waals surface area (Å²) < 4.78 is 21.9. The number of fused-ring (bicyclic) bond motifs is 1. The largest absolute Gasteiger partial charge is 0.493 e. The smallest absolute Gasteiger partial charge is 0.303 e. The summed E-state index contributed by atoms with van der Waals surface area (Å²) in [5.41, 5.74) is 3.44. The first-order valence-electron chi connectivity index (χ1n) is 10.3. The highest BCUT2D eigenvalue weighted by molar-refractivity contribution is 5.66. The summed E-state index contributed by atoms with van der Waals surface area (Å²) in [7, 11) is 8.58. The highest BCUT2D eigenvalue weighted by atomic mass is 16.5. The highest BCUT2D eigenvalue weighted by Crippen LogP contribution is 2.42. The second-order valence-corrected chi connectivity index (χ2v) is 7.77.